The first-order valence-corrected chi connectivity index (χ1v) is 12.5. The minimum absolute atomic E-state index is 0.0631. The molecule has 0 aromatic heterocycles. The lowest BCUT2D eigenvalue weighted by Crippen LogP contribution is -2.40. The quantitative estimate of drug-likeness (QED) is 0.231. The molecule has 0 saturated heterocycles. The minimum atomic E-state index is -0.914. The summed E-state index contributed by atoms with van der Waals surface area (Å²) in [5, 5.41) is 11.3. The molecule has 0 spiro atoms. The van der Waals surface area contributed by atoms with E-state index >= 15 is 0 Å². The largest absolute Gasteiger partial charge is 0.457 e. The first kappa shape index (κ1) is 28.8. The van der Waals surface area contributed by atoms with E-state index in [0.29, 0.717) is 40.8 Å². The van der Waals surface area contributed by atoms with E-state index in [1.165, 1.54) is 11.8 Å². The van der Waals surface area contributed by atoms with Crippen molar-refractivity contribution in [3.8, 4) is 17.2 Å². The zero-order valence-electron chi connectivity index (χ0n) is 21.8. The summed E-state index contributed by atoms with van der Waals surface area (Å²) in [6, 6.07) is 21.0. The van der Waals surface area contributed by atoms with Crippen LogP contribution >= 0.6 is 11.6 Å². The van der Waals surface area contributed by atoms with E-state index in [2.05, 4.69) is 4.89 Å². The molecule has 3 aromatic rings. The number of carbonyl (C=O) groups excluding carboxylic acids is 2. The van der Waals surface area contributed by atoms with Crippen molar-refractivity contribution >= 4 is 23.7 Å². The first-order chi connectivity index (χ1) is 18.0. The molecule has 0 aliphatic carbocycles. The molecule has 1 amide bonds. The van der Waals surface area contributed by atoms with Crippen LogP contribution in [0, 0.1) is 0 Å². The standard InChI is InChI=1S/C29H32ClNO7/c1-20(32)37-38-26-14-12-25(13-15-26)35-24-10-8-21(9-11-24)16-17-31(28(34)36-29(2,3)4)19-27(33)22-6-5-7-23(30)18-22/h5-15,18,27,33H,16-17,19H2,1-4H3/t27-/m0/s1. The van der Waals surface area contributed by atoms with Gasteiger partial charge in [-0.3, -0.25) is 9.78 Å². The Hall–Kier alpha value is -3.75. The zero-order chi connectivity index (χ0) is 27.7. The average molecular weight is 542 g/mol. The topological polar surface area (TPSA) is 94.5 Å². The zero-order valence-corrected chi connectivity index (χ0v) is 22.6. The molecule has 0 saturated carbocycles. The van der Waals surface area contributed by atoms with Crippen molar-refractivity contribution in [2.45, 2.75) is 45.8 Å². The normalized spacial score (nSPS) is 11.8. The van der Waals surface area contributed by atoms with E-state index in [1.54, 1.807) is 69.3 Å². The van der Waals surface area contributed by atoms with Crippen molar-refractivity contribution in [2.75, 3.05) is 13.1 Å². The van der Waals surface area contributed by atoms with Gasteiger partial charge in [-0.1, -0.05) is 35.9 Å². The smallest absolute Gasteiger partial charge is 0.410 e. The molecule has 0 unspecified atom stereocenters. The van der Waals surface area contributed by atoms with Crippen molar-refractivity contribution < 1.29 is 33.9 Å². The number of hydrogen-bond donors (Lipinski definition) is 1. The monoisotopic (exact) mass is 541 g/mol. The molecular weight excluding hydrogens is 510 g/mol. The Labute approximate surface area is 227 Å². The van der Waals surface area contributed by atoms with Gasteiger partial charge in [0.05, 0.1) is 12.6 Å². The lowest BCUT2D eigenvalue weighted by Gasteiger charge is -2.29. The van der Waals surface area contributed by atoms with Gasteiger partial charge >= 0.3 is 12.1 Å². The fourth-order valence-corrected chi connectivity index (χ4v) is 3.60. The third-order valence-electron chi connectivity index (χ3n) is 5.19. The van der Waals surface area contributed by atoms with Gasteiger partial charge in [-0.15, -0.1) is 0 Å². The number of ether oxygens (including phenoxy) is 2. The summed E-state index contributed by atoms with van der Waals surface area (Å²) in [5.41, 5.74) is 0.937. The Bertz CT molecular complexity index is 1210. The number of carbonyl (C=O) groups is 2. The molecular formula is C29H32ClNO7. The van der Waals surface area contributed by atoms with Crippen LogP contribution in [0.4, 0.5) is 4.79 Å². The lowest BCUT2D eigenvalue weighted by molar-refractivity contribution is -0.210. The Morgan fingerprint density at radius 2 is 1.55 bits per heavy atom. The second-order valence-corrected chi connectivity index (χ2v) is 10.1. The van der Waals surface area contributed by atoms with E-state index in [-0.39, 0.29) is 6.54 Å². The fourth-order valence-electron chi connectivity index (χ4n) is 3.41. The summed E-state index contributed by atoms with van der Waals surface area (Å²) in [7, 11) is 0. The first-order valence-electron chi connectivity index (χ1n) is 12.1. The second kappa shape index (κ2) is 13.2. The number of halogens is 1. The highest BCUT2D eigenvalue weighted by Gasteiger charge is 2.24. The Morgan fingerprint density at radius 1 is 0.947 bits per heavy atom. The highest BCUT2D eigenvalue weighted by Crippen LogP contribution is 2.25. The fraction of sp³-hybridized carbons (Fsp3) is 0.310. The molecule has 38 heavy (non-hydrogen) atoms. The molecule has 1 N–H and O–H groups in total. The molecule has 0 aliphatic rings. The van der Waals surface area contributed by atoms with Crippen LogP contribution in [0.2, 0.25) is 5.02 Å². The van der Waals surface area contributed by atoms with Crippen LogP contribution in [0.15, 0.2) is 72.8 Å². The van der Waals surface area contributed by atoms with Crippen molar-refractivity contribution in [2.24, 2.45) is 0 Å². The van der Waals surface area contributed by atoms with Gasteiger partial charge in [-0.2, -0.15) is 0 Å². The summed E-state index contributed by atoms with van der Waals surface area (Å²) in [6.07, 6.45) is -0.869. The summed E-state index contributed by atoms with van der Waals surface area (Å²) < 4.78 is 11.4. The molecule has 0 bridgehead atoms. The number of benzene rings is 3. The summed E-state index contributed by atoms with van der Waals surface area (Å²) in [5.74, 6) is 1.04. The number of hydrogen-bond acceptors (Lipinski definition) is 7. The predicted molar refractivity (Wildman–Crippen MR) is 143 cm³/mol. The van der Waals surface area contributed by atoms with Gasteiger partial charge in [-0.25, -0.2) is 9.59 Å². The van der Waals surface area contributed by atoms with Crippen LogP contribution in [-0.4, -0.2) is 40.8 Å². The van der Waals surface area contributed by atoms with E-state index in [4.69, 9.17) is 26.0 Å². The van der Waals surface area contributed by atoms with Crippen LogP contribution in [0.25, 0.3) is 0 Å². The molecule has 8 nitrogen and oxygen atoms in total. The maximum atomic E-state index is 12.9. The Kier molecular flexibility index (Phi) is 9.98. The Balaban J connectivity index is 1.61. The van der Waals surface area contributed by atoms with Crippen LogP contribution < -0.4 is 9.62 Å². The average Bonchev–Trinajstić information content (AvgIpc) is 2.85. The van der Waals surface area contributed by atoms with Gasteiger partial charge < -0.3 is 19.5 Å². The molecule has 0 aliphatic heterocycles. The molecule has 0 fully saturated rings. The van der Waals surface area contributed by atoms with Gasteiger partial charge in [0.2, 0.25) is 0 Å². The van der Waals surface area contributed by atoms with Crippen molar-refractivity contribution in [1.82, 2.24) is 4.90 Å². The minimum Gasteiger partial charge on any atom is -0.457 e. The van der Waals surface area contributed by atoms with E-state index < -0.39 is 23.8 Å². The number of aliphatic hydroxyl groups excluding tert-OH is 1. The van der Waals surface area contributed by atoms with Crippen molar-refractivity contribution in [3.05, 3.63) is 88.9 Å². The third-order valence-corrected chi connectivity index (χ3v) is 5.42. The lowest BCUT2D eigenvalue weighted by atomic mass is 10.1. The molecule has 0 heterocycles. The molecule has 1 atom stereocenters. The summed E-state index contributed by atoms with van der Waals surface area (Å²) >= 11 is 6.06. The summed E-state index contributed by atoms with van der Waals surface area (Å²) in [4.78, 5) is 34.6. The molecule has 0 radical (unpaired) electrons. The maximum absolute atomic E-state index is 12.9. The van der Waals surface area contributed by atoms with Crippen molar-refractivity contribution in [1.29, 1.82) is 0 Å². The highest BCUT2D eigenvalue weighted by atomic mass is 35.5. The Morgan fingerprint density at radius 3 is 2.13 bits per heavy atom. The second-order valence-electron chi connectivity index (χ2n) is 9.62. The number of rotatable bonds is 10. The van der Waals surface area contributed by atoms with Gasteiger partial charge in [-0.05, 0) is 86.8 Å². The molecule has 9 heteroatoms. The van der Waals surface area contributed by atoms with E-state index in [9.17, 15) is 14.7 Å². The molecule has 3 aromatic carbocycles. The molecule has 3 rings (SSSR count). The van der Waals surface area contributed by atoms with Crippen LogP contribution in [-0.2, 0) is 20.8 Å². The predicted octanol–water partition coefficient (Wildman–Crippen LogP) is 6.50. The molecule has 202 valence electrons. The third kappa shape index (κ3) is 9.61. The van der Waals surface area contributed by atoms with Gasteiger partial charge in [0.1, 0.15) is 17.1 Å². The highest BCUT2D eigenvalue weighted by molar-refractivity contribution is 6.30. The van der Waals surface area contributed by atoms with Crippen molar-refractivity contribution in [3.63, 3.8) is 0 Å². The number of nitrogens with zero attached hydrogens (tertiary/aromatic N) is 1. The van der Waals surface area contributed by atoms with E-state index in [1.807, 2.05) is 24.3 Å². The number of amides is 1. The number of aliphatic hydroxyl groups is 1. The SMILES string of the molecule is CC(=O)OOc1ccc(Oc2ccc(CCN(C[C@H](O)c3cccc(Cl)c3)C(=O)OC(C)(C)C)cc2)cc1. The van der Waals surface area contributed by atoms with Crippen LogP contribution in [0.5, 0.6) is 17.2 Å². The van der Waals surface area contributed by atoms with Gasteiger partial charge in [0, 0.05) is 18.5 Å². The van der Waals surface area contributed by atoms with Crippen LogP contribution in [0.1, 0.15) is 44.9 Å². The van der Waals surface area contributed by atoms with Crippen LogP contribution in [0.3, 0.4) is 0 Å². The summed E-state index contributed by atoms with van der Waals surface area (Å²) in [6.45, 7) is 7.06. The maximum Gasteiger partial charge on any atom is 0.410 e. The van der Waals surface area contributed by atoms with Gasteiger partial charge in [0.25, 0.3) is 0 Å². The van der Waals surface area contributed by atoms with E-state index in [0.717, 1.165) is 5.56 Å². The van der Waals surface area contributed by atoms with Gasteiger partial charge in [0.15, 0.2) is 5.75 Å².